The van der Waals surface area contributed by atoms with Gasteiger partial charge in [-0.1, -0.05) is 29.3 Å². The summed E-state index contributed by atoms with van der Waals surface area (Å²) in [6, 6.07) is 6.87. The Morgan fingerprint density at radius 3 is 2.56 bits per heavy atom. The van der Waals surface area contributed by atoms with Gasteiger partial charge in [-0.15, -0.1) is 0 Å². The van der Waals surface area contributed by atoms with Crippen LogP contribution in [0, 0.1) is 0 Å². The number of anilines is 2. The summed E-state index contributed by atoms with van der Waals surface area (Å²) in [5, 5.41) is 13.7. The van der Waals surface area contributed by atoms with Crippen molar-refractivity contribution in [2.45, 2.75) is 13.0 Å². The third kappa shape index (κ3) is 3.42. The molecule has 0 unspecified atom stereocenters. The van der Waals surface area contributed by atoms with Crippen LogP contribution in [-0.2, 0) is 0 Å². The second kappa shape index (κ2) is 7.07. The molecule has 3 heterocycles. The Morgan fingerprint density at radius 2 is 1.81 bits per heavy atom. The Hall–Kier alpha value is -2.81. The lowest BCUT2D eigenvalue weighted by molar-refractivity contribution is 0.194. The van der Waals surface area contributed by atoms with Crippen molar-refractivity contribution in [2.24, 2.45) is 0 Å². The Bertz CT molecular complexity index is 1110. The molecular weight excluding hydrogens is 389 g/mol. The minimum absolute atomic E-state index is 0.447. The van der Waals surface area contributed by atoms with Crippen molar-refractivity contribution < 1.29 is 5.11 Å². The first-order chi connectivity index (χ1) is 13.0. The van der Waals surface area contributed by atoms with E-state index >= 15 is 0 Å². The van der Waals surface area contributed by atoms with Crippen molar-refractivity contribution >= 4 is 46.0 Å². The van der Waals surface area contributed by atoms with Crippen LogP contribution in [0.3, 0.4) is 0 Å². The van der Waals surface area contributed by atoms with E-state index in [0.717, 1.165) is 0 Å². The maximum absolute atomic E-state index is 9.68. The fourth-order valence-corrected chi connectivity index (χ4v) is 3.13. The highest BCUT2D eigenvalue weighted by molar-refractivity contribution is 6.39. The predicted molar refractivity (Wildman–Crippen MR) is 103 cm³/mol. The summed E-state index contributed by atoms with van der Waals surface area (Å²) in [6.45, 7) is 1.63. The smallest absolute Gasteiger partial charge is 0.183 e. The van der Waals surface area contributed by atoms with Crippen LogP contribution < -0.4 is 5.32 Å². The molecule has 0 aliphatic carbocycles. The Balaban J connectivity index is 1.77. The van der Waals surface area contributed by atoms with Gasteiger partial charge in [-0.25, -0.2) is 24.9 Å². The average molecular weight is 402 g/mol. The molecule has 3 aromatic heterocycles. The number of rotatable bonds is 4. The van der Waals surface area contributed by atoms with Crippen LogP contribution in [0.2, 0.25) is 10.0 Å². The Labute approximate surface area is 163 Å². The highest BCUT2D eigenvalue weighted by atomic mass is 35.5. The molecule has 10 heteroatoms. The van der Waals surface area contributed by atoms with Crippen molar-refractivity contribution in [3.05, 3.63) is 52.7 Å². The summed E-state index contributed by atoms with van der Waals surface area (Å²) in [5.41, 5.74) is 2.10. The molecule has 0 saturated carbocycles. The van der Waals surface area contributed by atoms with Gasteiger partial charge < -0.3 is 15.4 Å². The van der Waals surface area contributed by atoms with Crippen LogP contribution in [0.25, 0.3) is 22.6 Å². The molecule has 0 aliphatic rings. The molecule has 1 aromatic carbocycles. The number of hydrogen-bond donors (Lipinski definition) is 3. The second-order valence-corrected chi connectivity index (χ2v) is 6.55. The largest absolute Gasteiger partial charge is 0.387 e. The first-order valence-corrected chi connectivity index (χ1v) is 8.70. The quantitative estimate of drug-likeness (QED) is 0.474. The predicted octanol–water partition coefficient (Wildman–Crippen LogP) is 3.91. The number of fused-ring (bicyclic) bond motifs is 1. The second-order valence-electron chi connectivity index (χ2n) is 5.73. The van der Waals surface area contributed by atoms with Crippen LogP contribution in [-0.4, -0.2) is 35.0 Å². The van der Waals surface area contributed by atoms with Gasteiger partial charge in [0.2, 0.25) is 0 Å². The van der Waals surface area contributed by atoms with E-state index in [1.54, 1.807) is 31.2 Å². The minimum atomic E-state index is -0.708. The number of nitrogens with one attached hydrogen (secondary N) is 2. The lowest BCUT2D eigenvalue weighted by Crippen LogP contribution is -2.02. The maximum atomic E-state index is 9.68. The first-order valence-electron chi connectivity index (χ1n) is 7.95. The number of aliphatic hydroxyl groups is 1. The van der Waals surface area contributed by atoms with Crippen molar-refractivity contribution in [3.8, 4) is 11.4 Å². The number of aliphatic hydroxyl groups excluding tert-OH is 1. The number of aromatic nitrogens is 6. The molecule has 27 heavy (non-hydrogen) atoms. The van der Waals surface area contributed by atoms with Gasteiger partial charge in [0.25, 0.3) is 0 Å². The number of benzene rings is 1. The van der Waals surface area contributed by atoms with Gasteiger partial charge in [0.1, 0.15) is 29.8 Å². The van der Waals surface area contributed by atoms with Crippen LogP contribution in [0.5, 0.6) is 0 Å². The third-order valence-corrected chi connectivity index (χ3v) is 4.48. The molecule has 0 aliphatic heterocycles. The molecule has 4 aromatic rings. The van der Waals surface area contributed by atoms with Crippen LogP contribution in [0.1, 0.15) is 18.7 Å². The van der Waals surface area contributed by atoms with E-state index in [9.17, 15) is 5.11 Å². The van der Waals surface area contributed by atoms with E-state index in [1.807, 2.05) is 0 Å². The molecule has 136 valence electrons. The Kier molecular flexibility index (Phi) is 4.61. The van der Waals surface area contributed by atoms with E-state index in [1.165, 1.54) is 12.7 Å². The number of H-pyrrole nitrogens is 1. The van der Waals surface area contributed by atoms with Crippen molar-refractivity contribution in [1.82, 2.24) is 29.9 Å². The average Bonchev–Trinajstić information content (AvgIpc) is 3.06. The summed E-state index contributed by atoms with van der Waals surface area (Å²) in [5.74, 6) is 1.43. The number of nitrogens with zero attached hydrogens (tertiary/aromatic N) is 5. The van der Waals surface area contributed by atoms with Crippen LogP contribution >= 0.6 is 23.2 Å². The molecule has 0 saturated heterocycles. The summed E-state index contributed by atoms with van der Waals surface area (Å²) in [4.78, 5) is 24.2. The molecule has 0 radical (unpaired) electrons. The van der Waals surface area contributed by atoms with Gasteiger partial charge >= 0.3 is 0 Å². The molecule has 8 nitrogen and oxygen atoms in total. The molecule has 0 amide bonds. The lowest BCUT2D eigenvalue weighted by atomic mass is 10.2. The first kappa shape index (κ1) is 17.6. The normalized spacial score (nSPS) is 12.3. The lowest BCUT2D eigenvalue weighted by Gasteiger charge is -2.07. The van der Waals surface area contributed by atoms with Crippen LogP contribution in [0.15, 0.2) is 36.9 Å². The van der Waals surface area contributed by atoms with Crippen molar-refractivity contribution in [1.29, 1.82) is 0 Å². The van der Waals surface area contributed by atoms with Gasteiger partial charge in [0, 0.05) is 6.07 Å². The number of aromatic amines is 1. The van der Waals surface area contributed by atoms with E-state index in [4.69, 9.17) is 23.2 Å². The van der Waals surface area contributed by atoms with E-state index < -0.39 is 6.10 Å². The molecule has 0 bridgehead atoms. The maximum Gasteiger partial charge on any atom is 0.183 e. The van der Waals surface area contributed by atoms with E-state index in [0.29, 0.717) is 49.9 Å². The highest BCUT2D eigenvalue weighted by Gasteiger charge is 2.16. The summed E-state index contributed by atoms with van der Waals surface area (Å²) in [6.07, 6.45) is 2.05. The molecule has 3 N–H and O–H groups in total. The molecule has 1 atom stereocenters. The fourth-order valence-electron chi connectivity index (χ4n) is 2.56. The summed E-state index contributed by atoms with van der Waals surface area (Å²) in [7, 11) is 0. The standard InChI is InChI=1S/C17H13Cl2N7O/c1-8(27)11-5-12(21-6-20-11)24-16-14-17(23-7-22-16)26-15(25-14)13-9(18)3-2-4-10(13)19/h2-8,27H,1H3,(H2,20,21,22,23,24,25,26)/t8-/m0/s1. The monoisotopic (exact) mass is 401 g/mol. The van der Waals surface area contributed by atoms with Crippen LogP contribution in [0.4, 0.5) is 11.6 Å². The Morgan fingerprint density at radius 1 is 1.07 bits per heavy atom. The van der Waals surface area contributed by atoms with Gasteiger partial charge in [-0.05, 0) is 19.1 Å². The topological polar surface area (TPSA) is 112 Å². The van der Waals surface area contributed by atoms with Gasteiger partial charge in [0.05, 0.1) is 27.4 Å². The van der Waals surface area contributed by atoms with Gasteiger partial charge in [-0.2, -0.15) is 0 Å². The summed E-state index contributed by atoms with van der Waals surface area (Å²) < 4.78 is 0. The number of halogens is 2. The molecular formula is C17H13Cl2N7O. The summed E-state index contributed by atoms with van der Waals surface area (Å²) >= 11 is 12.5. The van der Waals surface area contributed by atoms with Crippen molar-refractivity contribution in [2.75, 3.05) is 5.32 Å². The van der Waals surface area contributed by atoms with Crippen molar-refractivity contribution in [3.63, 3.8) is 0 Å². The number of hydrogen-bond acceptors (Lipinski definition) is 7. The third-order valence-electron chi connectivity index (χ3n) is 3.85. The molecule has 0 spiro atoms. The SMILES string of the molecule is C[C@H](O)c1cc(Nc2ncnc3nc(-c4c(Cl)cccc4Cl)[nH]c23)ncn1. The van der Waals surface area contributed by atoms with E-state index in [2.05, 4.69) is 35.2 Å². The fraction of sp³-hybridized carbons (Fsp3) is 0.118. The zero-order chi connectivity index (χ0) is 19.0. The highest BCUT2D eigenvalue weighted by Crippen LogP contribution is 2.34. The zero-order valence-corrected chi connectivity index (χ0v) is 15.5. The molecule has 4 rings (SSSR count). The van der Waals surface area contributed by atoms with E-state index in [-0.39, 0.29) is 0 Å². The number of imidazole rings is 1. The van der Waals surface area contributed by atoms with Gasteiger partial charge in [-0.3, -0.25) is 0 Å². The molecule has 0 fully saturated rings. The minimum Gasteiger partial charge on any atom is -0.387 e. The van der Waals surface area contributed by atoms with Gasteiger partial charge in [0.15, 0.2) is 11.5 Å². The zero-order valence-electron chi connectivity index (χ0n) is 14.0.